The highest BCUT2D eigenvalue weighted by molar-refractivity contribution is 5.29. The first-order valence-corrected chi connectivity index (χ1v) is 6.28. The minimum Gasteiger partial charge on any atom is -0.294 e. The van der Waals surface area contributed by atoms with Gasteiger partial charge in [-0.3, -0.25) is 9.58 Å². The van der Waals surface area contributed by atoms with Gasteiger partial charge in [0.05, 0.1) is 5.69 Å². The maximum Gasteiger partial charge on any atom is 0.0644 e. The summed E-state index contributed by atoms with van der Waals surface area (Å²) in [6.07, 6.45) is 2.60. The number of aryl methyl sites for hydroxylation is 2. The van der Waals surface area contributed by atoms with Gasteiger partial charge in [0.15, 0.2) is 0 Å². The first-order valence-electron chi connectivity index (χ1n) is 6.28. The van der Waals surface area contributed by atoms with E-state index in [2.05, 4.69) is 37.7 Å². The molecular formula is C13H23N3. The molecule has 0 aromatic carbocycles. The fourth-order valence-electron chi connectivity index (χ4n) is 2.99. The predicted molar refractivity (Wildman–Crippen MR) is 66.5 cm³/mol. The molecule has 16 heavy (non-hydrogen) atoms. The fraction of sp³-hybridized carbons (Fsp3) is 0.769. The highest BCUT2D eigenvalue weighted by Gasteiger charge is 2.31. The van der Waals surface area contributed by atoms with Crippen molar-refractivity contribution in [3.05, 3.63) is 17.0 Å². The summed E-state index contributed by atoms with van der Waals surface area (Å²) in [5, 5.41) is 4.54. The van der Waals surface area contributed by atoms with Crippen LogP contribution in [0.2, 0.25) is 0 Å². The third-order valence-corrected chi connectivity index (χ3v) is 3.86. The Kier molecular flexibility index (Phi) is 3.06. The van der Waals surface area contributed by atoms with Crippen molar-refractivity contribution in [3.8, 4) is 0 Å². The lowest BCUT2D eigenvalue weighted by molar-refractivity contribution is 0.204. The molecule has 0 radical (unpaired) electrons. The van der Waals surface area contributed by atoms with E-state index in [4.69, 9.17) is 0 Å². The summed E-state index contributed by atoms with van der Waals surface area (Å²) in [5.41, 5.74) is 4.00. The number of nitrogens with zero attached hydrogens (tertiary/aromatic N) is 3. The number of rotatable bonds is 2. The smallest absolute Gasteiger partial charge is 0.0644 e. The van der Waals surface area contributed by atoms with E-state index < -0.39 is 0 Å². The number of hydrogen-bond donors (Lipinski definition) is 0. The van der Waals surface area contributed by atoms with Crippen LogP contribution >= 0.6 is 0 Å². The zero-order chi connectivity index (χ0) is 11.9. The molecule has 2 rings (SSSR count). The van der Waals surface area contributed by atoms with Gasteiger partial charge in [0.2, 0.25) is 0 Å². The van der Waals surface area contributed by atoms with Gasteiger partial charge in [0.1, 0.15) is 0 Å². The van der Waals surface area contributed by atoms with Gasteiger partial charge in [-0.2, -0.15) is 5.10 Å². The van der Waals surface area contributed by atoms with E-state index >= 15 is 0 Å². The van der Waals surface area contributed by atoms with Gasteiger partial charge >= 0.3 is 0 Å². The predicted octanol–water partition coefficient (Wildman–Crippen LogP) is 2.58. The van der Waals surface area contributed by atoms with Gasteiger partial charge in [0.25, 0.3) is 0 Å². The molecule has 1 saturated heterocycles. The zero-order valence-corrected chi connectivity index (χ0v) is 11.1. The molecule has 1 fully saturated rings. The molecule has 0 aliphatic carbocycles. The Bertz CT molecular complexity index is 379. The molecule has 0 N–H and O–H groups in total. The Morgan fingerprint density at radius 2 is 2.00 bits per heavy atom. The van der Waals surface area contributed by atoms with E-state index in [1.54, 1.807) is 0 Å². The van der Waals surface area contributed by atoms with Crippen LogP contribution in [0.5, 0.6) is 0 Å². The normalized spacial score (nSPS) is 22.2. The van der Waals surface area contributed by atoms with Crippen molar-refractivity contribution < 1.29 is 0 Å². The monoisotopic (exact) mass is 221 g/mol. The number of aromatic nitrogens is 2. The van der Waals surface area contributed by atoms with Crippen LogP contribution in [0, 0.1) is 13.8 Å². The van der Waals surface area contributed by atoms with Crippen LogP contribution in [0.1, 0.15) is 49.7 Å². The standard InChI is InChI=1S/C13H23N3/c1-9(2)16-8-6-7-12(16)13-10(3)14-15(5)11(13)4/h9,12H,6-8H2,1-5H3/t12-/m1/s1. The van der Waals surface area contributed by atoms with Crippen LogP contribution in [0.25, 0.3) is 0 Å². The molecule has 0 bridgehead atoms. The molecule has 1 atom stereocenters. The Labute approximate surface area is 98.4 Å². The minimum absolute atomic E-state index is 0.591. The van der Waals surface area contributed by atoms with Crippen molar-refractivity contribution in [1.82, 2.24) is 14.7 Å². The molecule has 0 unspecified atom stereocenters. The molecule has 0 amide bonds. The summed E-state index contributed by atoms with van der Waals surface area (Å²) in [6, 6.07) is 1.22. The highest BCUT2D eigenvalue weighted by Crippen LogP contribution is 2.36. The lowest BCUT2D eigenvalue weighted by Gasteiger charge is -2.28. The molecular weight excluding hydrogens is 198 g/mol. The van der Waals surface area contributed by atoms with E-state index in [1.807, 2.05) is 11.7 Å². The molecule has 3 heteroatoms. The van der Waals surface area contributed by atoms with Crippen LogP contribution in [0.4, 0.5) is 0 Å². The van der Waals surface area contributed by atoms with E-state index in [0.29, 0.717) is 12.1 Å². The Hall–Kier alpha value is -0.830. The van der Waals surface area contributed by atoms with Crippen LogP contribution in [0.15, 0.2) is 0 Å². The average Bonchev–Trinajstić information content (AvgIpc) is 2.73. The van der Waals surface area contributed by atoms with Gasteiger partial charge < -0.3 is 0 Å². The Balaban J connectivity index is 2.36. The van der Waals surface area contributed by atoms with Gasteiger partial charge in [-0.05, 0) is 47.1 Å². The molecule has 2 heterocycles. The van der Waals surface area contributed by atoms with Crippen molar-refractivity contribution in [3.63, 3.8) is 0 Å². The number of hydrogen-bond acceptors (Lipinski definition) is 2. The van der Waals surface area contributed by atoms with E-state index in [9.17, 15) is 0 Å². The number of likely N-dealkylation sites (tertiary alicyclic amines) is 1. The second-order valence-electron chi connectivity index (χ2n) is 5.20. The van der Waals surface area contributed by atoms with E-state index in [0.717, 1.165) is 0 Å². The SMILES string of the molecule is Cc1nn(C)c(C)c1[C@H]1CCCN1C(C)C. The second kappa shape index (κ2) is 4.21. The third kappa shape index (κ3) is 1.77. The van der Waals surface area contributed by atoms with Crippen LogP contribution in [0.3, 0.4) is 0 Å². The van der Waals surface area contributed by atoms with Crippen molar-refractivity contribution in [1.29, 1.82) is 0 Å². The van der Waals surface area contributed by atoms with Crippen LogP contribution < -0.4 is 0 Å². The molecule has 1 aliphatic rings. The summed E-state index contributed by atoms with van der Waals surface area (Å²) in [6.45, 7) is 10.1. The highest BCUT2D eigenvalue weighted by atomic mass is 15.3. The van der Waals surface area contributed by atoms with Crippen molar-refractivity contribution in [2.75, 3.05) is 6.54 Å². The first kappa shape index (κ1) is 11.6. The van der Waals surface area contributed by atoms with E-state index in [1.165, 1.54) is 36.3 Å². The Morgan fingerprint density at radius 1 is 1.31 bits per heavy atom. The van der Waals surface area contributed by atoms with Crippen LogP contribution in [-0.4, -0.2) is 27.3 Å². The van der Waals surface area contributed by atoms with Gasteiger partial charge in [-0.15, -0.1) is 0 Å². The summed E-state index contributed by atoms with van der Waals surface area (Å²) >= 11 is 0. The lowest BCUT2D eigenvalue weighted by Crippen LogP contribution is -2.30. The van der Waals surface area contributed by atoms with Gasteiger partial charge in [-0.25, -0.2) is 0 Å². The molecule has 0 spiro atoms. The summed E-state index contributed by atoms with van der Waals surface area (Å²) in [4.78, 5) is 2.61. The maximum absolute atomic E-state index is 4.54. The third-order valence-electron chi connectivity index (χ3n) is 3.86. The lowest BCUT2D eigenvalue weighted by atomic mass is 10.0. The summed E-state index contributed by atoms with van der Waals surface area (Å²) in [7, 11) is 2.04. The maximum atomic E-state index is 4.54. The van der Waals surface area contributed by atoms with Crippen LogP contribution in [-0.2, 0) is 7.05 Å². The minimum atomic E-state index is 0.591. The average molecular weight is 221 g/mol. The zero-order valence-electron chi connectivity index (χ0n) is 11.1. The summed E-state index contributed by atoms with van der Waals surface area (Å²) in [5.74, 6) is 0. The first-order chi connectivity index (χ1) is 7.52. The largest absolute Gasteiger partial charge is 0.294 e. The quantitative estimate of drug-likeness (QED) is 0.765. The molecule has 1 aromatic heterocycles. The molecule has 0 saturated carbocycles. The fourth-order valence-corrected chi connectivity index (χ4v) is 2.99. The van der Waals surface area contributed by atoms with Gasteiger partial charge in [0, 0.05) is 30.4 Å². The molecule has 3 nitrogen and oxygen atoms in total. The molecule has 1 aliphatic heterocycles. The Morgan fingerprint density at radius 3 is 2.50 bits per heavy atom. The molecule has 90 valence electrons. The van der Waals surface area contributed by atoms with Crippen molar-refractivity contribution in [2.45, 2.75) is 52.6 Å². The van der Waals surface area contributed by atoms with Crippen molar-refractivity contribution >= 4 is 0 Å². The topological polar surface area (TPSA) is 21.1 Å². The second-order valence-corrected chi connectivity index (χ2v) is 5.20. The van der Waals surface area contributed by atoms with E-state index in [-0.39, 0.29) is 0 Å². The summed E-state index contributed by atoms with van der Waals surface area (Å²) < 4.78 is 2.02. The van der Waals surface area contributed by atoms with Crippen molar-refractivity contribution in [2.24, 2.45) is 7.05 Å². The molecule has 1 aromatic rings. The van der Waals surface area contributed by atoms with Gasteiger partial charge in [-0.1, -0.05) is 0 Å².